The number of carbonyl (C=O) groups is 1. The molecule has 0 radical (unpaired) electrons. The van der Waals surface area contributed by atoms with Crippen molar-refractivity contribution in [2.45, 2.75) is 36.6 Å². The van der Waals surface area contributed by atoms with Gasteiger partial charge in [0.1, 0.15) is 5.54 Å². The molecular weight excluding hydrogens is 300 g/mol. The molecule has 110 valence electrons. The molecule has 0 fully saturated rings. The Labute approximate surface area is 133 Å². The second-order valence-corrected chi connectivity index (χ2v) is 6.97. The fourth-order valence-corrected chi connectivity index (χ4v) is 3.88. The third-order valence-corrected chi connectivity index (χ3v) is 5.64. The molecule has 21 heavy (non-hydrogen) atoms. The monoisotopic (exact) mass is 318 g/mol. The number of carbonyl (C=O) groups excluding carboxylic acids is 1. The summed E-state index contributed by atoms with van der Waals surface area (Å²) in [6.45, 7) is 3.98. The van der Waals surface area contributed by atoms with Crippen LogP contribution in [0.2, 0.25) is 0 Å². The van der Waals surface area contributed by atoms with Crippen molar-refractivity contribution in [2.75, 3.05) is 5.75 Å². The summed E-state index contributed by atoms with van der Waals surface area (Å²) in [5.41, 5.74) is 0.455. The van der Waals surface area contributed by atoms with E-state index in [-0.39, 0.29) is 5.91 Å². The highest BCUT2D eigenvalue weighted by Gasteiger charge is 2.25. The molecule has 2 rings (SSSR count). The number of hydrogen-bond donors (Lipinski definition) is 1. The van der Waals surface area contributed by atoms with Crippen molar-refractivity contribution in [3.05, 3.63) is 24.3 Å². The third-order valence-electron chi connectivity index (χ3n) is 3.46. The molecule has 0 aliphatic carbocycles. The van der Waals surface area contributed by atoms with Crippen molar-refractivity contribution >= 4 is 39.2 Å². The fraction of sp³-hybridized carbons (Fsp3) is 0.375. The SMILES string of the molecule is C#CC(CC)(CC)NC(=O)CSc1nc2ccccc2s1. The van der Waals surface area contributed by atoms with Gasteiger partial charge in [-0.05, 0) is 25.0 Å². The van der Waals surface area contributed by atoms with Crippen LogP contribution in [0, 0.1) is 12.3 Å². The maximum absolute atomic E-state index is 12.1. The molecule has 0 spiro atoms. The molecule has 5 heteroatoms. The predicted molar refractivity (Wildman–Crippen MR) is 90.6 cm³/mol. The van der Waals surface area contributed by atoms with E-state index in [1.165, 1.54) is 11.8 Å². The lowest BCUT2D eigenvalue weighted by molar-refractivity contribution is -0.119. The standard InChI is InChI=1S/C16H18N2OS2/c1-4-16(5-2,6-3)18-14(19)11-20-15-17-12-9-7-8-10-13(12)21-15/h1,7-10H,5-6,11H2,2-3H3,(H,18,19). The highest BCUT2D eigenvalue weighted by atomic mass is 32.2. The molecule has 0 aliphatic heterocycles. The Kier molecular flexibility index (Phi) is 5.27. The van der Waals surface area contributed by atoms with Crippen LogP contribution in [0.3, 0.4) is 0 Å². The summed E-state index contributed by atoms with van der Waals surface area (Å²) in [6.07, 6.45) is 7.02. The number of aromatic nitrogens is 1. The largest absolute Gasteiger partial charge is 0.339 e. The van der Waals surface area contributed by atoms with E-state index in [4.69, 9.17) is 6.42 Å². The van der Waals surface area contributed by atoms with Crippen molar-refractivity contribution in [1.82, 2.24) is 10.3 Å². The van der Waals surface area contributed by atoms with E-state index < -0.39 is 5.54 Å². The number of benzene rings is 1. The second-order valence-electron chi connectivity index (χ2n) is 4.72. The molecule has 1 amide bonds. The van der Waals surface area contributed by atoms with Crippen LogP contribution in [0.15, 0.2) is 28.6 Å². The molecule has 0 aliphatic rings. The van der Waals surface area contributed by atoms with Gasteiger partial charge in [-0.3, -0.25) is 4.79 Å². The highest BCUT2D eigenvalue weighted by Crippen LogP contribution is 2.29. The minimum atomic E-state index is -0.523. The minimum absolute atomic E-state index is 0.0408. The van der Waals surface area contributed by atoms with Gasteiger partial charge in [0.25, 0.3) is 0 Å². The molecule has 0 saturated heterocycles. The lowest BCUT2D eigenvalue weighted by Crippen LogP contribution is -2.47. The molecular formula is C16H18N2OS2. The lowest BCUT2D eigenvalue weighted by Gasteiger charge is -2.26. The Morgan fingerprint density at radius 3 is 2.76 bits per heavy atom. The topological polar surface area (TPSA) is 42.0 Å². The van der Waals surface area contributed by atoms with Crippen LogP contribution in [0.25, 0.3) is 10.2 Å². The van der Waals surface area contributed by atoms with Gasteiger partial charge in [-0.25, -0.2) is 4.98 Å². The van der Waals surface area contributed by atoms with E-state index in [1.54, 1.807) is 11.3 Å². The van der Waals surface area contributed by atoms with E-state index >= 15 is 0 Å². The Morgan fingerprint density at radius 2 is 2.14 bits per heavy atom. The van der Waals surface area contributed by atoms with Crippen molar-refractivity contribution in [2.24, 2.45) is 0 Å². The molecule has 1 N–H and O–H groups in total. The fourth-order valence-electron chi connectivity index (χ4n) is 2.01. The first-order valence-electron chi connectivity index (χ1n) is 6.89. The van der Waals surface area contributed by atoms with E-state index in [0.717, 1.165) is 27.4 Å². The summed E-state index contributed by atoms with van der Waals surface area (Å²) < 4.78 is 2.05. The van der Waals surface area contributed by atoms with Crippen LogP contribution in [-0.2, 0) is 4.79 Å². The molecule has 1 heterocycles. The average molecular weight is 318 g/mol. The minimum Gasteiger partial charge on any atom is -0.339 e. The number of thiazole rings is 1. The average Bonchev–Trinajstić information content (AvgIpc) is 2.94. The zero-order valence-corrected chi connectivity index (χ0v) is 13.8. The number of amides is 1. The van der Waals surface area contributed by atoms with Crippen LogP contribution < -0.4 is 5.32 Å². The zero-order chi connectivity index (χ0) is 15.3. The number of hydrogen-bond acceptors (Lipinski definition) is 4. The quantitative estimate of drug-likeness (QED) is 0.652. The van der Waals surface area contributed by atoms with Gasteiger partial charge in [0.2, 0.25) is 5.91 Å². The summed E-state index contributed by atoms with van der Waals surface area (Å²) in [6, 6.07) is 7.97. The van der Waals surface area contributed by atoms with Crippen LogP contribution in [0.5, 0.6) is 0 Å². The number of rotatable bonds is 6. The van der Waals surface area contributed by atoms with E-state index in [0.29, 0.717) is 5.75 Å². The first kappa shape index (κ1) is 15.9. The summed E-state index contributed by atoms with van der Waals surface area (Å²) in [4.78, 5) is 16.6. The second kappa shape index (κ2) is 6.97. The zero-order valence-electron chi connectivity index (χ0n) is 12.2. The first-order valence-corrected chi connectivity index (χ1v) is 8.70. The molecule has 0 bridgehead atoms. The number of thioether (sulfide) groups is 1. The Morgan fingerprint density at radius 1 is 1.43 bits per heavy atom. The Bertz CT molecular complexity index is 635. The molecule has 1 aromatic heterocycles. The molecule has 1 aromatic carbocycles. The van der Waals surface area contributed by atoms with Gasteiger partial charge in [-0.15, -0.1) is 17.8 Å². The smallest absolute Gasteiger partial charge is 0.231 e. The molecule has 2 aromatic rings. The predicted octanol–water partition coefficient (Wildman–Crippen LogP) is 3.70. The van der Waals surface area contributed by atoms with Crippen molar-refractivity contribution in [1.29, 1.82) is 0 Å². The highest BCUT2D eigenvalue weighted by molar-refractivity contribution is 8.01. The number of para-hydroxylation sites is 1. The number of fused-ring (bicyclic) bond motifs is 1. The van der Waals surface area contributed by atoms with Crippen molar-refractivity contribution in [3.63, 3.8) is 0 Å². The van der Waals surface area contributed by atoms with Gasteiger partial charge in [-0.1, -0.05) is 43.7 Å². The molecule has 0 atom stereocenters. The molecule has 0 saturated carbocycles. The van der Waals surface area contributed by atoms with Gasteiger partial charge < -0.3 is 5.32 Å². The lowest BCUT2D eigenvalue weighted by atomic mass is 9.94. The van der Waals surface area contributed by atoms with Crippen LogP contribution in [0.1, 0.15) is 26.7 Å². The normalized spacial score (nSPS) is 11.3. The maximum Gasteiger partial charge on any atom is 0.231 e. The number of nitrogens with one attached hydrogen (secondary N) is 1. The van der Waals surface area contributed by atoms with Gasteiger partial charge in [0, 0.05) is 0 Å². The van der Waals surface area contributed by atoms with Crippen LogP contribution in [0.4, 0.5) is 0 Å². The first-order chi connectivity index (χ1) is 10.1. The summed E-state index contributed by atoms with van der Waals surface area (Å²) >= 11 is 3.06. The molecule has 3 nitrogen and oxygen atoms in total. The molecule has 0 unspecified atom stereocenters. The van der Waals surface area contributed by atoms with Crippen molar-refractivity contribution in [3.8, 4) is 12.3 Å². The van der Waals surface area contributed by atoms with E-state index in [2.05, 4.69) is 16.2 Å². The Balaban J connectivity index is 1.96. The summed E-state index contributed by atoms with van der Waals surface area (Å²) in [7, 11) is 0. The van der Waals surface area contributed by atoms with E-state index in [9.17, 15) is 4.79 Å². The number of terminal acetylenes is 1. The summed E-state index contributed by atoms with van der Waals surface area (Å²) in [5, 5.41) is 2.96. The third kappa shape index (κ3) is 3.78. The van der Waals surface area contributed by atoms with Gasteiger partial charge in [0.15, 0.2) is 4.34 Å². The van der Waals surface area contributed by atoms with Gasteiger partial charge in [0.05, 0.1) is 16.0 Å². The van der Waals surface area contributed by atoms with E-state index in [1.807, 2.05) is 38.1 Å². The summed E-state index contributed by atoms with van der Waals surface area (Å²) in [5.74, 6) is 3.01. The van der Waals surface area contributed by atoms with Gasteiger partial charge >= 0.3 is 0 Å². The number of nitrogens with zero attached hydrogens (tertiary/aromatic N) is 1. The van der Waals surface area contributed by atoms with Crippen molar-refractivity contribution < 1.29 is 4.79 Å². The maximum atomic E-state index is 12.1. The van der Waals surface area contributed by atoms with Crippen LogP contribution >= 0.6 is 23.1 Å². The van der Waals surface area contributed by atoms with Crippen LogP contribution in [-0.4, -0.2) is 22.2 Å². The van der Waals surface area contributed by atoms with Gasteiger partial charge in [-0.2, -0.15) is 0 Å². The Hall–Kier alpha value is -1.51.